The van der Waals surface area contributed by atoms with E-state index in [0.29, 0.717) is 12.2 Å². The normalized spacial score (nSPS) is 23.1. The maximum atomic E-state index is 12.3. The molecule has 4 heteroatoms. The number of amides is 1. The van der Waals surface area contributed by atoms with Gasteiger partial charge in [0.25, 0.3) is 5.91 Å². The van der Waals surface area contributed by atoms with Gasteiger partial charge in [0.2, 0.25) is 0 Å². The molecule has 1 saturated carbocycles. The molecule has 2 N–H and O–H groups in total. The standard InChI is InChI=1S/C15H21NO3/c1-19-10-11-6-2-3-7-12(11)15(18)16-13-8-4-5-9-14(13)17/h2-3,6-7,13-14,17H,4-5,8-10H2,1H3,(H,16,18). The van der Waals surface area contributed by atoms with Gasteiger partial charge in [0.05, 0.1) is 18.8 Å². The maximum absolute atomic E-state index is 12.3. The summed E-state index contributed by atoms with van der Waals surface area (Å²) >= 11 is 0. The topological polar surface area (TPSA) is 58.6 Å². The van der Waals surface area contributed by atoms with Gasteiger partial charge in [0, 0.05) is 12.7 Å². The first-order valence-electron chi connectivity index (χ1n) is 6.78. The fourth-order valence-corrected chi connectivity index (χ4v) is 2.55. The second-order valence-corrected chi connectivity index (χ2v) is 5.02. The number of benzene rings is 1. The SMILES string of the molecule is COCc1ccccc1C(=O)NC1CCCCC1O. The molecule has 1 amide bonds. The first-order valence-corrected chi connectivity index (χ1v) is 6.78. The zero-order valence-electron chi connectivity index (χ0n) is 11.3. The first kappa shape index (κ1) is 14.0. The van der Waals surface area contributed by atoms with Crippen LogP contribution in [0.15, 0.2) is 24.3 Å². The average Bonchev–Trinajstić information content (AvgIpc) is 2.42. The van der Waals surface area contributed by atoms with Gasteiger partial charge in [0.15, 0.2) is 0 Å². The third-order valence-corrected chi connectivity index (χ3v) is 3.61. The van der Waals surface area contributed by atoms with Crippen molar-refractivity contribution in [3.63, 3.8) is 0 Å². The van der Waals surface area contributed by atoms with E-state index in [9.17, 15) is 9.90 Å². The average molecular weight is 263 g/mol. The van der Waals surface area contributed by atoms with Crippen LogP contribution >= 0.6 is 0 Å². The molecule has 2 rings (SSSR count). The van der Waals surface area contributed by atoms with Gasteiger partial charge in [-0.25, -0.2) is 0 Å². The van der Waals surface area contributed by atoms with E-state index in [4.69, 9.17) is 4.74 Å². The van der Waals surface area contributed by atoms with Gasteiger partial charge >= 0.3 is 0 Å². The molecule has 0 spiro atoms. The minimum Gasteiger partial charge on any atom is -0.391 e. The molecule has 4 nitrogen and oxygen atoms in total. The van der Waals surface area contributed by atoms with E-state index in [1.54, 1.807) is 13.2 Å². The second-order valence-electron chi connectivity index (χ2n) is 5.02. The summed E-state index contributed by atoms with van der Waals surface area (Å²) in [4.78, 5) is 12.3. The summed E-state index contributed by atoms with van der Waals surface area (Å²) in [6.45, 7) is 0.414. The van der Waals surface area contributed by atoms with Crippen LogP contribution in [0.25, 0.3) is 0 Å². The molecule has 2 unspecified atom stereocenters. The highest BCUT2D eigenvalue weighted by Crippen LogP contribution is 2.19. The minimum atomic E-state index is -0.424. The predicted octanol–water partition coefficient (Wildman–Crippen LogP) is 1.87. The molecular formula is C15H21NO3. The Morgan fingerprint density at radius 3 is 2.84 bits per heavy atom. The number of hydrogen-bond acceptors (Lipinski definition) is 3. The molecule has 0 radical (unpaired) electrons. The zero-order chi connectivity index (χ0) is 13.7. The Morgan fingerprint density at radius 2 is 2.11 bits per heavy atom. The fourth-order valence-electron chi connectivity index (χ4n) is 2.55. The van der Waals surface area contributed by atoms with Crippen molar-refractivity contribution in [1.29, 1.82) is 0 Å². The molecule has 0 aliphatic heterocycles. The van der Waals surface area contributed by atoms with Crippen molar-refractivity contribution in [3.8, 4) is 0 Å². The summed E-state index contributed by atoms with van der Waals surface area (Å²) in [5, 5.41) is 12.8. The van der Waals surface area contributed by atoms with Crippen molar-refractivity contribution in [2.45, 2.75) is 44.4 Å². The number of aliphatic hydroxyl groups excluding tert-OH is 1. The first-order chi connectivity index (χ1) is 9.22. The smallest absolute Gasteiger partial charge is 0.251 e. The largest absolute Gasteiger partial charge is 0.391 e. The Bertz CT molecular complexity index is 433. The highest BCUT2D eigenvalue weighted by Gasteiger charge is 2.25. The lowest BCUT2D eigenvalue weighted by molar-refractivity contribution is 0.0714. The van der Waals surface area contributed by atoms with Crippen LogP contribution in [0.2, 0.25) is 0 Å². The third kappa shape index (κ3) is 3.55. The van der Waals surface area contributed by atoms with E-state index >= 15 is 0 Å². The lowest BCUT2D eigenvalue weighted by Gasteiger charge is -2.28. The quantitative estimate of drug-likeness (QED) is 0.872. The van der Waals surface area contributed by atoms with Crippen molar-refractivity contribution >= 4 is 5.91 Å². The Morgan fingerprint density at radius 1 is 1.37 bits per heavy atom. The van der Waals surface area contributed by atoms with Crippen LogP contribution in [0.3, 0.4) is 0 Å². The summed E-state index contributed by atoms with van der Waals surface area (Å²) in [5.41, 5.74) is 1.50. The van der Waals surface area contributed by atoms with Crippen LogP contribution in [-0.2, 0) is 11.3 Å². The van der Waals surface area contributed by atoms with Crippen LogP contribution in [0.1, 0.15) is 41.6 Å². The number of carbonyl (C=O) groups excluding carboxylic acids is 1. The summed E-state index contributed by atoms with van der Waals surface area (Å²) in [6.07, 6.45) is 3.28. The number of methoxy groups -OCH3 is 1. The number of aliphatic hydroxyl groups is 1. The van der Waals surface area contributed by atoms with Crippen molar-refractivity contribution < 1.29 is 14.6 Å². The lowest BCUT2D eigenvalue weighted by atomic mass is 9.92. The van der Waals surface area contributed by atoms with Crippen LogP contribution in [0, 0.1) is 0 Å². The number of hydrogen-bond donors (Lipinski definition) is 2. The molecule has 0 bridgehead atoms. The number of nitrogens with one attached hydrogen (secondary N) is 1. The van der Waals surface area contributed by atoms with Crippen LogP contribution in [0.4, 0.5) is 0 Å². The number of carbonyl (C=O) groups is 1. The summed E-state index contributed by atoms with van der Waals surface area (Å²) in [6, 6.07) is 7.28. The molecule has 1 aliphatic rings. The van der Waals surface area contributed by atoms with Crippen LogP contribution in [0.5, 0.6) is 0 Å². The van der Waals surface area contributed by atoms with Gasteiger partial charge in [-0.2, -0.15) is 0 Å². The Labute approximate surface area is 113 Å². The Hall–Kier alpha value is -1.39. The summed E-state index contributed by atoms with van der Waals surface area (Å²) in [7, 11) is 1.61. The van der Waals surface area contributed by atoms with Gasteiger partial charge in [-0.3, -0.25) is 4.79 Å². The van der Waals surface area contributed by atoms with E-state index in [1.165, 1.54) is 0 Å². The van der Waals surface area contributed by atoms with E-state index in [1.807, 2.05) is 18.2 Å². The molecule has 0 saturated heterocycles. The molecule has 2 atom stereocenters. The molecule has 1 aromatic carbocycles. The van der Waals surface area contributed by atoms with Crippen LogP contribution < -0.4 is 5.32 Å². The molecule has 1 aromatic rings. The molecule has 19 heavy (non-hydrogen) atoms. The molecule has 1 fully saturated rings. The molecule has 0 aromatic heterocycles. The summed E-state index contributed by atoms with van der Waals surface area (Å²) < 4.78 is 5.10. The molecule has 0 heterocycles. The maximum Gasteiger partial charge on any atom is 0.251 e. The highest BCUT2D eigenvalue weighted by molar-refractivity contribution is 5.95. The van der Waals surface area contributed by atoms with Crippen molar-refractivity contribution in [2.24, 2.45) is 0 Å². The lowest BCUT2D eigenvalue weighted by Crippen LogP contribution is -2.45. The zero-order valence-corrected chi connectivity index (χ0v) is 11.3. The fraction of sp³-hybridized carbons (Fsp3) is 0.533. The molecule has 1 aliphatic carbocycles. The summed E-state index contributed by atoms with van der Waals surface area (Å²) in [5.74, 6) is -0.126. The van der Waals surface area contributed by atoms with E-state index in [0.717, 1.165) is 31.2 Å². The van der Waals surface area contributed by atoms with Crippen molar-refractivity contribution in [3.05, 3.63) is 35.4 Å². The Kier molecular flexibility index (Phi) is 4.93. The molecular weight excluding hydrogens is 242 g/mol. The Balaban J connectivity index is 2.06. The van der Waals surface area contributed by atoms with Gasteiger partial charge in [-0.05, 0) is 24.5 Å². The van der Waals surface area contributed by atoms with Gasteiger partial charge < -0.3 is 15.2 Å². The molecule has 104 valence electrons. The monoisotopic (exact) mass is 263 g/mol. The van der Waals surface area contributed by atoms with Crippen molar-refractivity contribution in [2.75, 3.05) is 7.11 Å². The minimum absolute atomic E-state index is 0.126. The van der Waals surface area contributed by atoms with Gasteiger partial charge in [0.1, 0.15) is 0 Å². The highest BCUT2D eigenvalue weighted by atomic mass is 16.5. The third-order valence-electron chi connectivity index (χ3n) is 3.61. The van der Waals surface area contributed by atoms with Gasteiger partial charge in [-0.1, -0.05) is 31.0 Å². The van der Waals surface area contributed by atoms with Crippen LogP contribution in [-0.4, -0.2) is 30.3 Å². The van der Waals surface area contributed by atoms with E-state index in [-0.39, 0.29) is 11.9 Å². The van der Waals surface area contributed by atoms with E-state index in [2.05, 4.69) is 5.32 Å². The number of ether oxygens (including phenoxy) is 1. The second kappa shape index (κ2) is 6.68. The number of rotatable bonds is 4. The van der Waals surface area contributed by atoms with Crippen molar-refractivity contribution in [1.82, 2.24) is 5.32 Å². The van der Waals surface area contributed by atoms with E-state index < -0.39 is 6.10 Å². The predicted molar refractivity (Wildman–Crippen MR) is 72.9 cm³/mol. The van der Waals surface area contributed by atoms with Gasteiger partial charge in [-0.15, -0.1) is 0 Å².